The van der Waals surface area contributed by atoms with Gasteiger partial charge >= 0.3 is 75.0 Å². The maximum atomic E-state index is 8.33. The Hall–Kier alpha value is 1.02. The van der Waals surface area contributed by atoms with Crippen molar-refractivity contribution in [1.29, 1.82) is 0 Å². The minimum atomic E-state index is -2.33. The van der Waals surface area contributed by atoms with E-state index in [9.17, 15) is 0 Å². The third-order valence-electron chi connectivity index (χ3n) is 0. The molecule has 0 N–H and O–H groups in total. The van der Waals surface area contributed by atoms with Crippen LogP contribution >= 0.6 is 0 Å². The van der Waals surface area contributed by atoms with E-state index in [4.69, 9.17) is 30.0 Å². The van der Waals surface area contributed by atoms with Crippen LogP contribution in [0.15, 0.2) is 0 Å². The zero-order chi connectivity index (χ0) is 7.15. The molecule has 0 aromatic rings. The summed E-state index contributed by atoms with van der Waals surface area (Å²) in [6.07, 6.45) is -4.67. The molecule has 6 nitrogen and oxygen atoms in total. The molecule has 0 fully saturated rings. The van der Waals surface area contributed by atoms with Crippen molar-refractivity contribution in [1.82, 2.24) is 0 Å². The predicted molar refractivity (Wildman–Crippen MR) is 16.5 cm³/mol. The molecule has 8 heteroatoms. The Morgan fingerprint density at radius 2 is 0.800 bits per heavy atom. The van der Waals surface area contributed by atoms with Crippen molar-refractivity contribution in [2.24, 2.45) is 0 Å². The first-order chi connectivity index (χ1) is 3.46. The van der Waals surface area contributed by atoms with Crippen LogP contribution in [0.25, 0.3) is 0 Å². The summed E-state index contributed by atoms with van der Waals surface area (Å²) >= 11 is 0. The smallest absolute Gasteiger partial charge is 0.652 e. The number of carbonyl (C=O) groups is 2. The molecule has 0 spiro atoms. The van der Waals surface area contributed by atoms with Gasteiger partial charge in [-0.3, -0.25) is 0 Å². The van der Waals surface area contributed by atoms with Crippen LogP contribution in [0.5, 0.6) is 0 Å². The fourth-order valence-corrected chi connectivity index (χ4v) is 0. The molecule has 0 aliphatic heterocycles. The van der Waals surface area contributed by atoms with Gasteiger partial charge in [0.1, 0.15) is 0 Å². The van der Waals surface area contributed by atoms with Crippen LogP contribution in [0.2, 0.25) is 0 Å². The van der Waals surface area contributed by atoms with Crippen LogP contribution in [-0.4, -0.2) is 57.8 Å². The van der Waals surface area contributed by atoms with E-state index in [1.165, 1.54) is 0 Å². The second-order valence-electron chi connectivity index (χ2n) is 0.500. The number of hydrogen-bond donors (Lipinski definition) is 0. The van der Waals surface area contributed by atoms with E-state index in [-0.39, 0.29) is 75.0 Å². The molecule has 0 saturated heterocycles. The number of rotatable bonds is 0. The molecular formula is C2NaO6Sr-. The summed E-state index contributed by atoms with van der Waals surface area (Å²) < 4.78 is 0. The Balaban J connectivity index is -0.0000000300. The van der Waals surface area contributed by atoms with Crippen molar-refractivity contribution in [2.45, 2.75) is 0 Å². The monoisotopic (exact) mass is 231 g/mol. The average molecular weight is 231 g/mol. The summed E-state index contributed by atoms with van der Waals surface area (Å²) in [6, 6.07) is 0. The molecule has 48 valence electrons. The second-order valence-corrected chi connectivity index (χ2v) is 0.500. The van der Waals surface area contributed by atoms with E-state index in [2.05, 4.69) is 0 Å². The zero-order valence-corrected chi connectivity index (χ0v) is 10.6. The third kappa shape index (κ3) is 557. The molecule has 0 saturated carbocycles. The van der Waals surface area contributed by atoms with Gasteiger partial charge in [-0.15, -0.1) is 0 Å². The molecule has 0 amide bonds. The van der Waals surface area contributed by atoms with Crippen molar-refractivity contribution in [3.63, 3.8) is 0 Å². The topological polar surface area (TPSA) is 126 Å². The summed E-state index contributed by atoms with van der Waals surface area (Å²) in [7, 11) is 0. The van der Waals surface area contributed by atoms with Crippen LogP contribution in [-0.2, 0) is 0 Å². The van der Waals surface area contributed by atoms with Gasteiger partial charge < -0.3 is 30.0 Å². The average Bonchev–Trinajstić information content (AvgIpc) is 1.25. The molecule has 0 heterocycles. The second kappa shape index (κ2) is 16.5. The first-order valence-electron chi connectivity index (χ1n) is 1.22. The van der Waals surface area contributed by atoms with Gasteiger partial charge in [0, 0.05) is 0 Å². The Labute approximate surface area is 115 Å². The van der Waals surface area contributed by atoms with Gasteiger partial charge in [0.2, 0.25) is 0 Å². The van der Waals surface area contributed by atoms with Crippen LogP contribution < -0.4 is 50.0 Å². The molecule has 0 unspecified atom stereocenters. The van der Waals surface area contributed by atoms with Crippen molar-refractivity contribution in [3.05, 3.63) is 0 Å². The predicted octanol–water partition coefficient (Wildman–Crippen LogP) is -8.27. The van der Waals surface area contributed by atoms with Gasteiger partial charge in [-0.2, -0.15) is 0 Å². The summed E-state index contributed by atoms with van der Waals surface area (Å²) in [5, 5.41) is 33.3. The third-order valence-corrected chi connectivity index (χ3v) is 0. The molecule has 10 heavy (non-hydrogen) atoms. The van der Waals surface area contributed by atoms with Gasteiger partial charge in [-0.1, -0.05) is 0 Å². The Kier molecular flexibility index (Phi) is 37.1. The fraction of sp³-hybridized carbons (Fsp3) is 0. The molecule has 0 bridgehead atoms. The van der Waals surface area contributed by atoms with E-state index in [1.807, 2.05) is 0 Å². The molecular weight excluding hydrogens is 231 g/mol. The quantitative estimate of drug-likeness (QED) is 0.380. The fourth-order valence-electron chi connectivity index (χ4n) is 0. The largest absolute Gasteiger partial charge is 2.00 e. The normalized spacial score (nSPS) is 4.80. The Morgan fingerprint density at radius 1 is 0.800 bits per heavy atom. The van der Waals surface area contributed by atoms with Gasteiger partial charge in [0.15, 0.2) is 0 Å². The summed E-state index contributed by atoms with van der Waals surface area (Å²) in [4.78, 5) is 16.7. The maximum Gasteiger partial charge on any atom is 2.00 e. The van der Waals surface area contributed by atoms with Crippen LogP contribution in [0, 0.1) is 0 Å². The van der Waals surface area contributed by atoms with Crippen molar-refractivity contribution < 1.29 is 59.6 Å². The van der Waals surface area contributed by atoms with Crippen molar-refractivity contribution in [2.75, 3.05) is 0 Å². The molecule has 0 rings (SSSR count). The van der Waals surface area contributed by atoms with E-state index in [0.29, 0.717) is 0 Å². The van der Waals surface area contributed by atoms with Crippen molar-refractivity contribution in [3.8, 4) is 0 Å². The SMILES string of the molecule is O=C([O-])[O-].O=C([O-])[O-].[Na+].[Sr+2]. The summed E-state index contributed by atoms with van der Waals surface area (Å²) in [5.41, 5.74) is 0. The van der Waals surface area contributed by atoms with Crippen molar-refractivity contribution >= 4 is 57.8 Å². The zero-order valence-electron chi connectivity index (χ0n) is 5.16. The van der Waals surface area contributed by atoms with E-state index >= 15 is 0 Å². The molecule has 0 atom stereocenters. The maximum absolute atomic E-state index is 8.33. The van der Waals surface area contributed by atoms with Gasteiger partial charge in [0.05, 0.1) is 0 Å². The first kappa shape index (κ1) is 22.5. The van der Waals surface area contributed by atoms with Gasteiger partial charge in [-0.05, 0) is 12.3 Å². The standard InChI is InChI=1S/2CH2O3.Na.Sr/c2*2-1(3)4;;/h2*(H2,2,3,4);;/q;;+1;+2/p-4. The molecule has 0 aromatic carbocycles. The Morgan fingerprint density at radius 3 is 0.800 bits per heavy atom. The van der Waals surface area contributed by atoms with Gasteiger partial charge in [-0.25, -0.2) is 0 Å². The molecule has 0 aromatic heterocycles. The minimum absolute atomic E-state index is 0. The molecule has 0 aliphatic rings. The van der Waals surface area contributed by atoms with Gasteiger partial charge in [0.25, 0.3) is 0 Å². The Bertz CT molecular complexity index is 73.7. The first-order valence-corrected chi connectivity index (χ1v) is 1.22. The van der Waals surface area contributed by atoms with Crippen LogP contribution in [0.3, 0.4) is 0 Å². The van der Waals surface area contributed by atoms with E-state index in [1.54, 1.807) is 0 Å². The van der Waals surface area contributed by atoms with Crippen LogP contribution in [0.4, 0.5) is 9.59 Å². The van der Waals surface area contributed by atoms with E-state index in [0.717, 1.165) is 0 Å². The number of carboxylic acid groups (broad SMARTS) is 4. The minimum Gasteiger partial charge on any atom is -0.652 e. The summed E-state index contributed by atoms with van der Waals surface area (Å²) in [6.45, 7) is 0. The van der Waals surface area contributed by atoms with Crippen LogP contribution in [0.1, 0.15) is 0 Å². The van der Waals surface area contributed by atoms with E-state index < -0.39 is 12.3 Å². The summed E-state index contributed by atoms with van der Waals surface area (Å²) in [5.74, 6) is 0. The number of carbonyl (C=O) groups excluding carboxylic acids is 2. The molecule has 0 aliphatic carbocycles. The molecule has 0 radical (unpaired) electrons. The number of hydrogen-bond acceptors (Lipinski definition) is 6.